The first-order valence-corrected chi connectivity index (χ1v) is 10.6. The van der Waals surface area contributed by atoms with Crippen molar-refractivity contribution in [3.63, 3.8) is 0 Å². The number of amides is 1. The molecule has 0 spiro atoms. The lowest BCUT2D eigenvalue weighted by atomic mass is 10.1. The van der Waals surface area contributed by atoms with Crippen LogP contribution in [0.5, 0.6) is 0 Å². The van der Waals surface area contributed by atoms with Crippen LogP contribution in [0.4, 0.5) is 24.5 Å². The van der Waals surface area contributed by atoms with E-state index < -0.39 is 39.9 Å². The third-order valence-electron chi connectivity index (χ3n) is 4.17. The van der Waals surface area contributed by atoms with Gasteiger partial charge in [0.2, 0.25) is 15.9 Å². The van der Waals surface area contributed by atoms with Crippen molar-refractivity contribution in [2.24, 2.45) is 0 Å². The number of aryl methyl sites for hydroxylation is 3. The normalized spacial score (nSPS) is 12.0. The maximum Gasteiger partial charge on any atom is 0.416 e. The molecular formula is C19H20ClF3N2O3S. The van der Waals surface area contributed by atoms with Gasteiger partial charge in [0.05, 0.1) is 22.5 Å². The maximum absolute atomic E-state index is 13.0. The molecule has 0 bridgehead atoms. The van der Waals surface area contributed by atoms with Crippen LogP contribution in [0.3, 0.4) is 0 Å². The van der Waals surface area contributed by atoms with Gasteiger partial charge in [-0.25, -0.2) is 8.42 Å². The fourth-order valence-corrected chi connectivity index (χ4v) is 4.08. The monoisotopic (exact) mass is 448 g/mol. The van der Waals surface area contributed by atoms with Crippen LogP contribution < -0.4 is 9.62 Å². The Morgan fingerprint density at radius 2 is 1.66 bits per heavy atom. The first-order chi connectivity index (χ1) is 13.2. The van der Waals surface area contributed by atoms with Crippen LogP contribution in [0, 0.1) is 20.8 Å². The van der Waals surface area contributed by atoms with Gasteiger partial charge in [0.15, 0.2) is 0 Å². The average Bonchev–Trinajstić information content (AvgIpc) is 2.54. The van der Waals surface area contributed by atoms with Gasteiger partial charge in [0.25, 0.3) is 0 Å². The SMILES string of the molecule is Cc1cc(C)c(NC(=O)CN(c2cc(C(F)(F)F)ccc2Cl)S(C)(=O)=O)c(C)c1. The zero-order chi connectivity index (χ0) is 22.1. The van der Waals surface area contributed by atoms with Crippen LogP contribution in [-0.2, 0) is 21.0 Å². The van der Waals surface area contributed by atoms with Crippen LogP contribution in [0.25, 0.3) is 0 Å². The van der Waals surface area contributed by atoms with Crippen molar-refractivity contribution in [3.05, 3.63) is 57.6 Å². The van der Waals surface area contributed by atoms with Gasteiger partial charge in [0.1, 0.15) is 6.54 Å². The quantitative estimate of drug-likeness (QED) is 0.721. The van der Waals surface area contributed by atoms with Crippen molar-refractivity contribution in [3.8, 4) is 0 Å². The van der Waals surface area contributed by atoms with Gasteiger partial charge in [-0.3, -0.25) is 9.10 Å². The van der Waals surface area contributed by atoms with Crippen molar-refractivity contribution >= 4 is 38.9 Å². The van der Waals surface area contributed by atoms with E-state index in [-0.39, 0.29) is 5.02 Å². The molecule has 29 heavy (non-hydrogen) atoms. The van der Waals surface area contributed by atoms with Crippen molar-refractivity contribution in [2.45, 2.75) is 26.9 Å². The number of rotatable bonds is 5. The summed E-state index contributed by atoms with van der Waals surface area (Å²) in [5, 5.41) is 2.41. The zero-order valence-corrected chi connectivity index (χ0v) is 17.8. The van der Waals surface area contributed by atoms with Gasteiger partial charge in [0, 0.05) is 5.69 Å². The summed E-state index contributed by atoms with van der Waals surface area (Å²) in [7, 11) is -4.10. The lowest BCUT2D eigenvalue weighted by molar-refractivity contribution is -0.137. The molecule has 0 aliphatic carbocycles. The van der Waals surface area contributed by atoms with Gasteiger partial charge in [-0.15, -0.1) is 0 Å². The van der Waals surface area contributed by atoms with E-state index in [0.717, 1.165) is 35.1 Å². The fraction of sp³-hybridized carbons (Fsp3) is 0.316. The Hall–Kier alpha value is -2.26. The van der Waals surface area contributed by atoms with E-state index in [1.807, 2.05) is 19.1 Å². The van der Waals surface area contributed by atoms with Crippen LogP contribution in [0.2, 0.25) is 5.02 Å². The molecule has 0 fully saturated rings. The largest absolute Gasteiger partial charge is 0.416 e. The molecule has 1 amide bonds. The number of carbonyl (C=O) groups excluding carboxylic acids is 1. The zero-order valence-electron chi connectivity index (χ0n) is 16.2. The predicted octanol–water partition coefficient (Wildman–Crippen LogP) is 4.69. The van der Waals surface area contributed by atoms with E-state index >= 15 is 0 Å². The summed E-state index contributed by atoms with van der Waals surface area (Å²) >= 11 is 5.95. The number of anilines is 2. The summed E-state index contributed by atoms with van der Waals surface area (Å²) in [5.74, 6) is -0.709. The molecule has 5 nitrogen and oxygen atoms in total. The van der Waals surface area contributed by atoms with E-state index in [4.69, 9.17) is 11.6 Å². The third-order valence-corrected chi connectivity index (χ3v) is 5.62. The molecular weight excluding hydrogens is 429 g/mol. The molecule has 0 unspecified atom stereocenters. The second-order valence-electron chi connectivity index (χ2n) is 6.76. The van der Waals surface area contributed by atoms with Gasteiger partial charge in [-0.1, -0.05) is 29.3 Å². The molecule has 158 valence electrons. The molecule has 2 aromatic carbocycles. The smallest absolute Gasteiger partial charge is 0.324 e. The number of benzene rings is 2. The Kier molecular flexibility index (Phi) is 6.54. The van der Waals surface area contributed by atoms with Crippen LogP contribution in [0.15, 0.2) is 30.3 Å². The van der Waals surface area contributed by atoms with Crippen molar-refractivity contribution < 1.29 is 26.4 Å². The summed E-state index contributed by atoms with van der Waals surface area (Å²) < 4.78 is 64.1. The second-order valence-corrected chi connectivity index (χ2v) is 9.07. The highest BCUT2D eigenvalue weighted by Gasteiger charge is 2.33. The minimum absolute atomic E-state index is 0.223. The van der Waals surface area contributed by atoms with Crippen molar-refractivity contribution in [1.82, 2.24) is 0 Å². The number of carbonyl (C=O) groups is 1. The van der Waals surface area contributed by atoms with Gasteiger partial charge >= 0.3 is 6.18 Å². The number of sulfonamides is 1. The summed E-state index contributed by atoms with van der Waals surface area (Å²) in [4.78, 5) is 12.5. The lowest BCUT2D eigenvalue weighted by Gasteiger charge is -2.24. The molecule has 2 aromatic rings. The molecule has 2 rings (SSSR count). The van der Waals surface area contributed by atoms with Crippen molar-refractivity contribution in [1.29, 1.82) is 0 Å². The number of hydrogen-bond donors (Lipinski definition) is 1. The molecule has 0 aromatic heterocycles. The molecule has 0 saturated heterocycles. The topological polar surface area (TPSA) is 66.5 Å². The van der Waals surface area contributed by atoms with Gasteiger partial charge in [-0.2, -0.15) is 13.2 Å². The number of halogens is 4. The number of nitrogens with one attached hydrogen (secondary N) is 1. The van der Waals surface area contributed by atoms with Gasteiger partial charge < -0.3 is 5.32 Å². The molecule has 0 radical (unpaired) electrons. The highest BCUT2D eigenvalue weighted by Crippen LogP contribution is 2.36. The van der Waals surface area contributed by atoms with E-state index in [1.165, 1.54) is 0 Å². The molecule has 10 heteroatoms. The first kappa shape index (κ1) is 23.0. The molecule has 0 atom stereocenters. The van der Waals surface area contributed by atoms with Crippen LogP contribution in [-0.4, -0.2) is 27.1 Å². The van der Waals surface area contributed by atoms with Crippen molar-refractivity contribution in [2.75, 3.05) is 22.4 Å². The van der Waals surface area contributed by atoms with E-state index in [1.54, 1.807) is 13.8 Å². The Labute approximate surface area is 172 Å². The fourth-order valence-electron chi connectivity index (χ4n) is 2.95. The molecule has 0 heterocycles. The summed E-state index contributed by atoms with van der Waals surface area (Å²) in [5.41, 5.74) is 1.57. The Balaban J connectivity index is 2.40. The average molecular weight is 449 g/mol. The first-order valence-electron chi connectivity index (χ1n) is 8.42. The van der Waals surface area contributed by atoms with Crippen LogP contribution >= 0.6 is 11.6 Å². The van der Waals surface area contributed by atoms with E-state index in [2.05, 4.69) is 5.32 Å². The summed E-state index contributed by atoms with van der Waals surface area (Å²) in [6.45, 7) is 4.74. The Morgan fingerprint density at radius 3 is 2.14 bits per heavy atom. The number of nitrogens with zero attached hydrogens (tertiary/aromatic N) is 1. The van der Waals surface area contributed by atoms with E-state index in [9.17, 15) is 26.4 Å². The Morgan fingerprint density at radius 1 is 1.10 bits per heavy atom. The minimum atomic E-state index is -4.69. The highest BCUT2D eigenvalue weighted by atomic mass is 35.5. The molecule has 1 N–H and O–H groups in total. The van der Waals surface area contributed by atoms with E-state index in [0.29, 0.717) is 16.1 Å². The lowest BCUT2D eigenvalue weighted by Crippen LogP contribution is -2.38. The second kappa shape index (κ2) is 8.23. The maximum atomic E-state index is 13.0. The number of hydrogen-bond acceptors (Lipinski definition) is 3. The van der Waals surface area contributed by atoms with Crippen LogP contribution in [0.1, 0.15) is 22.3 Å². The third kappa shape index (κ3) is 5.63. The number of alkyl halides is 3. The highest BCUT2D eigenvalue weighted by molar-refractivity contribution is 7.92. The summed E-state index contributed by atoms with van der Waals surface area (Å²) in [6.07, 6.45) is -3.90. The minimum Gasteiger partial charge on any atom is -0.324 e. The molecule has 0 saturated carbocycles. The summed E-state index contributed by atoms with van der Waals surface area (Å²) in [6, 6.07) is 6.00. The Bertz CT molecular complexity index is 1030. The standard InChI is InChI=1S/C19H20ClF3N2O3S/c1-11-7-12(2)18(13(3)8-11)24-17(26)10-25(29(4,27)28)16-9-14(19(21,22)23)5-6-15(16)20/h5-9H,10H2,1-4H3,(H,24,26). The molecule has 0 aliphatic heterocycles. The van der Waals surface area contributed by atoms with Gasteiger partial charge in [-0.05, 0) is 50.1 Å². The predicted molar refractivity (Wildman–Crippen MR) is 108 cm³/mol. The molecule has 0 aliphatic rings.